The van der Waals surface area contributed by atoms with Crippen LogP contribution in [0.5, 0.6) is 0 Å². The smallest absolute Gasteiger partial charge is 0.726 e. The molecule has 35 heavy (non-hydrogen) atoms. The number of Topliss-reactive ketones (excluding diaryl/α,β-unsaturated/α-hetero) is 1. The minimum Gasteiger partial charge on any atom is -0.726 e. The van der Waals surface area contributed by atoms with E-state index in [2.05, 4.69) is 23.3 Å². The SMILES string of the molecule is Cc1cn(-c2ccc(C(N)=O)c(N[C@H]3CC[C@H](OS(=O)(=O)[O-])CC3)c2)c2c1C(=O)CC(C)(C)C2.[Na+]. The summed E-state index contributed by atoms with van der Waals surface area (Å²) in [5.41, 5.74) is 9.89. The molecule has 0 spiro atoms. The average molecular weight is 512 g/mol. The number of nitrogens with zero attached hydrogens (tertiary/aromatic N) is 1. The van der Waals surface area contributed by atoms with Gasteiger partial charge in [0.1, 0.15) is 0 Å². The summed E-state index contributed by atoms with van der Waals surface area (Å²) in [6, 6.07) is 5.32. The van der Waals surface area contributed by atoms with Gasteiger partial charge in [-0.25, -0.2) is 8.42 Å². The first kappa shape index (κ1) is 27.9. The molecule has 184 valence electrons. The van der Waals surface area contributed by atoms with E-state index < -0.39 is 22.4 Å². The number of hydrogen-bond donors (Lipinski definition) is 2. The van der Waals surface area contributed by atoms with Gasteiger partial charge in [0.2, 0.25) is 10.4 Å². The molecule has 1 amide bonds. The summed E-state index contributed by atoms with van der Waals surface area (Å²) in [6.07, 6.45) is 4.56. The Labute approximate surface area is 228 Å². The summed E-state index contributed by atoms with van der Waals surface area (Å²) < 4.78 is 39.2. The zero-order valence-electron chi connectivity index (χ0n) is 20.6. The van der Waals surface area contributed by atoms with Crippen LogP contribution in [0.15, 0.2) is 24.4 Å². The zero-order chi connectivity index (χ0) is 24.8. The Morgan fingerprint density at radius 2 is 1.86 bits per heavy atom. The molecule has 4 rings (SSSR count). The molecule has 0 saturated heterocycles. The van der Waals surface area contributed by atoms with Crippen molar-refractivity contribution in [2.24, 2.45) is 11.1 Å². The fourth-order valence-corrected chi connectivity index (χ4v) is 5.74. The monoisotopic (exact) mass is 511 g/mol. The van der Waals surface area contributed by atoms with Crippen molar-refractivity contribution in [3.63, 3.8) is 0 Å². The molecule has 9 nitrogen and oxygen atoms in total. The van der Waals surface area contributed by atoms with Crippen molar-refractivity contribution >= 4 is 27.8 Å². The minimum atomic E-state index is -4.73. The van der Waals surface area contributed by atoms with Crippen LogP contribution in [0.3, 0.4) is 0 Å². The summed E-state index contributed by atoms with van der Waals surface area (Å²) in [4.78, 5) is 24.9. The van der Waals surface area contributed by atoms with Gasteiger partial charge in [-0.1, -0.05) is 13.8 Å². The van der Waals surface area contributed by atoms with Crippen LogP contribution in [-0.2, 0) is 21.0 Å². The fraction of sp³-hybridized carbons (Fsp3) is 0.500. The van der Waals surface area contributed by atoms with E-state index in [4.69, 9.17) is 5.73 Å². The van der Waals surface area contributed by atoms with Gasteiger partial charge in [0.25, 0.3) is 5.91 Å². The molecule has 0 atom stereocenters. The molecule has 1 aromatic heterocycles. The number of carbonyl (C=O) groups excluding carboxylic acids is 2. The van der Waals surface area contributed by atoms with E-state index in [1.54, 1.807) is 6.07 Å². The number of nitrogens with one attached hydrogen (secondary N) is 1. The normalized spacial score (nSPS) is 21.7. The van der Waals surface area contributed by atoms with E-state index in [1.807, 2.05) is 29.8 Å². The molecule has 2 aromatic rings. The number of nitrogens with two attached hydrogens (primary N) is 1. The maximum absolute atomic E-state index is 12.8. The van der Waals surface area contributed by atoms with Crippen molar-refractivity contribution in [3.05, 3.63) is 46.8 Å². The number of primary amides is 1. The van der Waals surface area contributed by atoms with Crippen LogP contribution in [0, 0.1) is 12.3 Å². The van der Waals surface area contributed by atoms with Crippen LogP contribution in [0.2, 0.25) is 0 Å². The molecule has 0 unspecified atom stereocenters. The first-order valence-corrected chi connectivity index (χ1v) is 12.8. The molecule has 1 heterocycles. The Morgan fingerprint density at radius 3 is 2.46 bits per heavy atom. The second kappa shape index (κ2) is 10.4. The Kier molecular flexibility index (Phi) is 8.25. The van der Waals surface area contributed by atoms with E-state index >= 15 is 0 Å². The third kappa shape index (κ3) is 6.36. The molecular weight excluding hydrogens is 481 g/mol. The Hall–Kier alpha value is -1.69. The van der Waals surface area contributed by atoms with Crippen molar-refractivity contribution in [1.29, 1.82) is 0 Å². The molecule has 0 radical (unpaired) electrons. The van der Waals surface area contributed by atoms with Crippen molar-refractivity contribution in [3.8, 4) is 5.69 Å². The van der Waals surface area contributed by atoms with Gasteiger partial charge < -0.3 is 20.2 Å². The number of rotatable bonds is 6. The number of anilines is 1. The number of benzene rings is 1. The standard InChI is InChI=1S/C24H31N3O6S.Na/c1-14-13-27(20-11-24(2,3)12-21(28)22(14)20)16-6-9-18(23(25)29)19(10-16)26-15-4-7-17(8-5-15)33-34(30,31)32;/h6,9-10,13,15,17,26H,4-5,7-8,11-12H2,1-3H3,(H2,25,29)(H,30,31,32);/q;+1/p-1/t15-,17-;. The number of hydrogen-bond acceptors (Lipinski definition) is 7. The predicted octanol–water partition coefficient (Wildman–Crippen LogP) is 0.244. The first-order valence-electron chi connectivity index (χ1n) is 11.4. The van der Waals surface area contributed by atoms with Crippen molar-refractivity contribution in [2.75, 3.05) is 5.32 Å². The van der Waals surface area contributed by atoms with E-state index in [0.29, 0.717) is 43.4 Å². The van der Waals surface area contributed by atoms with Crippen LogP contribution < -0.4 is 40.6 Å². The van der Waals surface area contributed by atoms with E-state index in [9.17, 15) is 22.6 Å². The predicted molar refractivity (Wildman–Crippen MR) is 126 cm³/mol. The third-order valence-corrected chi connectivity index (χ3v) is 7.20. The van der Waals surface area contributed by atoms with E-state index in [1.165, 1.54) is 0 Å². The summed E-state index contributed by atoms with van der Waals surface area (Å²) >= 11 is 0. The topological polar surface area (TPSA) is 144 Å². The Morgan fingerprint density at radius 1 is 1.20 bits per heavy atom. The number of aryl methyl sites for hydroxylation is 1. The molecule has 1 aromatic carbocycles. The number of carbonyl (C=O) groups is 2. The van der Waals surface area contributed by atoms with Crippen LogP contribution in [0.25, 0.3) is 5.69 Å². The number of amides is 1. The maximum atomic E-state index is 12.8. The van der Waals surface area contributed by atoms with Crippen LogP contribution in [0.1, 0.15) is 77.9 Å². The summed E-state index contributed by atoms with van der Waals surface area (Å²) in [7, 11) is -4.73. The molecule has 0 aliphatic heterocycles. The number of aromatic nitrogens is 1. The minimum absolute atomic E-state index is 0. The van der Waals surface area contributed by atoms with Crippen LogP contribution in [-0.4, -0.2) is 41.4 Å². The van der Waals surface area contributed by atoms with Gasteiger partial charge in [0.15, 0.2) is 5.78 Å². The van der Waals surface area contributed by atoms with E-state index in [-0.39, 0.29) is 46.8 Å². The summed E-state index contributed by atoms with van der Waals surface area (Å²) in [6.45, 7) is 6.11. The molecule has 0 bridgehead atoms. The molecule has 1 saturated carbocycles. The van der Waals surface area contributed by atoms with Crippen LogP contribution >= 0.6 is 0 Å². The van der Waals surface area contributed by atoms with Gasteiger partial charge in [-0.05, 0) is 68.2 Å². The van der Waals surface area contributed by atoms with Gasteiger partial charge in [-0.3, -0.25) is 13.8 Å². The molecular formula is C24H30N3NaO6S. The largest absolute Gasteiger partial charge is 1.00 e. The second-order valence-corrected chi connectivity index (χ2v) is 11.2. The zero-order valence-corrected chi connectivity index (χ0v) is 23.4. The Bertz CT molecular complexity index is 1250. The van der Waals surface area contributed by atoms with Crippen molar-refractivity contribution in [2.45, 2.75) is 71.4 Å². The number of fused-ring (bicyclic) bond motifs is 1. The van der Waals surface area contributed by atoms with Gasteiger partial charge in [0, 0.05) is 41.3 Å². The second-order valence-electron chi connectivity index (χ2n) is 10.2. The maximum Gasteiger partial charge on any atom is 1.00 e. The van der Waals surface area contributed by atoms with Crippen molar-refractivity contribution < 1.29 is 56.3 Å². The fourth-order valence-electron chi connectivity index (χ4n) is 5.21. The Balaban J connectivity index is 0.00000342. The van der Waals surface area contributed by atoms with Gasteiger partial charge in [-0.15, -0.1) is 0 Å². The molecule has 2 aliphatic rings. The van der Waals surface area contributed by atoms with Gasteiger partial charge in [0.05, 0.1) is 11.7 Å². The van der Waals surface area contributed by atoms with Gasteiger partial charge in [-0.2, -0.15) is 0 Å². The van der Waals surface area contributed by atoms with Crippen LogP contribution in [0.4, 0.5) is 5.69 Å². The van der Waals surface area contributed by atoms with E-state index in [0.717, 1.165) is 28.9 Å². The molecule has 3 N–H and O–H groups in total. The third-order valence-electron chi connectivity index (χ3n) is 6.69. The summed E-state index contributed by atoms with van der Waals surface area (Å²) in [5.74, 6) is -0.417. The summed E-state index contributed by atoms with van der Waals surface area (Å²) in [5, 5.41) is 3.37. The quantitative estimate of drug-likeness (QED) is 0.321. The average Bonchev–Trinajstić information content (AvgIpc) is 3.03. The molecule has 1 fully saturated rings. The van der Waals surface area contributed by atoms with Gasteiger partial charge >= 0.3 is 29.6 Å². The van der Waals surface area contributed by atoms with Crippen molar-refractivity contribution in [1.82, 2.24) is 4.57 Å². The first-order chi connectivity index (χ1) is 15.8. The number of ketones is 1. The molecule has 2 aliphatic carbocycles. The molecule has 11 heteroatoms.